The highest BCUT2D eigenvalue weighted by atomic mass is 32.1. The lowest BCUT2D eigenvalue weighted by atomic mass is 10.2. The molecule has 1 aliphatic rings. The van der Waals surface area contributed by atoms with Crippen molar-refractivity contribution in [2.45, 2.75) is 6.92 Å². The molecule has 0 unspecified atom stereocenters. The van der Waals surface area contributed by atoms with E-state index in [0.29, 0.717) is 13.1 Å². The first-order chi connectivity index (χ1) is 10.5. The average Bonchev–Trinajstić information content (AvgIpc) is 2.49. The molecule has 0 aromatic heterocycles. The lowest BCUT2D eigenvalue weighted by Crippen LogP contribution is -2.51. The molecule has 1 aromatic carbocycles. The molecule has 1 amide bonds. The summed E-state index contributed by atoms with van der Waals surface area (Å²) in [6, 6.07) is 7.69. The van der Waals surface area contributed by atoms with Crippen LogP contribution in [0.15, 0.2) is 29.4 Å². The maximum Gasteiger partial charge on any atom is 0.277 e. The van der Waals surface area contributed by atoms with Crippen molar-refractivity contribution >= 4 is 34.5 Å². The lowest BCUT2D eigenvalue weighted by molar-refractivity contribution is -0.125. The van der Waals surface area contributed by atoms with Gasteiger partial charge >= 0.3 is 0 Å². The zero-order chi connectivity index (χ0) is 16.1. The fraction of sp³-hybridized carbons (Fsp3) is 0.400. The summed E-state index contributed by atoms with van der Waals surface area (Å²) in [4.78, 5) is 16.4. The highest BCUT2D eigenvalue weighted by Gasteiger charge is 2.25. The first kappa shape index (κ1) is 16.4. The van der Waals surface area contributed by atoms with E-state index in [4.69, 9.17) is 18.0 Å². The minimum Gasteiger partial charge on any atom is -0.388 e. The third kappa shape index (κ3) is 4.25. The first-order valence-corrected chi connectivity index (χ1v) is 7.56. The molecule has 1 aromatic rings. The monoisotopic (exact) mass is 319 g/mol. The quantitative estimate of drug-likeness (QED) is 0.488. The summed E-state index contributed by atoms with van der Waals surface area (Å²) in [5.74, 6) is -0.222. The molecule has 118 valence electrons. The van der Waals surface area contributed by atoms with Gasteiger partial charge < -0.3 is 15.5 Å². The molecule has 0 aliphatic carbocycles. The van der Waals surface area contributed by atoms with Crippen molar-refractivity contribution < 1.29 is 4.79 Å². The molecule has 1 saturated heterocycles. The topological polar surface area (TPSA) is 74.0 Å². The Bertz CT molecular complexity index is 576. The summed E-state index contributed by atoms with van der Waals surface area (Å²) in [5, 5.41) is 4.11. The third-order valence-electron chi connectivity index (χ3n) is 3.57. The van der Waals surface area contributed by atoms with Gasteiger partial charge in [0, 0.05) is 26.2 Å². The molecular weight excluding hydrogens is 298 g/mol. The Morgan fingerprint density at radius 3 is 2.36 bits per heavy atom. The number of carbonyl (C=O) groups is 1. The van der Waals surface area contributed by atoms with Gasteiger partial charge in [0.25, 0.3) is 5.91 Å². The summed E-state index contributed by atoms with van der Waals surface area (Å²) in [6.07, 6.45) is 0. The Labute approximate surface area is 136 Å². The molecule has 0 bridgehead atoms. The van der Waals surface area contributed by atoms with Crippen LogP contribution in [0.5, 0.6) is 0 Å². The number of piperazine rings is 1. The van der Waals surface area contributed by atoms with Crippen LogP contribution in [0, 0.1) is 6.92 Å². The number of nitrogens with zero attached hydrogens (tertiary/aromatic N) is 3. The van der Waals surface area contributed by atoms with Gasteiger partial charge in [0.05, 0.1) is 5.69 Å². The SMILES string of the molecule is Cc1ccc(N/N=C(/C(=O)N2CCN(C)CC2)C(N)=S)cc1. The number of anilines is 1. The van der Waals surface area contributed by atoms with Crippen LogP contribution in [0.25, 0.3) is 0 Å². The van der Waals surface area contributed by atoms with Gasteiger partial charge in [-0.05, 0) is 26.1 Å². The number of benzene rings is 1. The van der Waals surface area contributed by atoms with E-state index in [9.17, 15) is 4.79 Å². The fourth-order valence-corrected chi connectivity index (χ4v) is 2.25. The van der Waals surface area contributed by atoms with E-state index in [1.165, 1.54) is 0 Å². The molecule has 0 atom stereocenters. The fourth-order valence-electron chi connectivity index (χ4n) is 2.12. The molecule has 1 heterocycles. The van der Waals surface area contributed by atoms with Crippen molar-refractivity contribution in [3.8, 4) is 0 Å². The van der Waals surface area contributed by atoms with E-state index in [0.717, 1.165) is 24.3 Å². The van der Waals surface area contributed by atoms with Crippen molar-refractivity contribution in [3.63, 3.8) is 0 Å². The van der Waals surface area contributed by atoms with Gasteiger partial charge in [-0.15, -0.1) is 0 Å². The van der Waals surface area contributed by atoms with Crippen molar-refractivity contribution in [3.05, 3.63) is 29.8 Å². The summed E-state index contributed by atoms with van der Waals surface area (Å²) in [7, 11) is 2.03. The lowest BCUT2D eigenvalue weighted by Gasteiger charge is -2.32. The Morgan fingerprint density at radius 1 is 1.23 bits per heavy atom. The third-order valence-corrected chi connectivity index (χ3v) is 3.77. The van der Waals surface area contributed by atoms with Gasteiger partial charge in [-0.25, -0.2) is 0 Å². The Kier molecular flexibility index (Phi) is 5.46. The Balaban J connectivity index is 2.08. The highest BCUT2D eigenvalue weighted by Crippen LogP contribution is 2.09. The van der Waals surface area contributed by atoms with Crippen LogP contribution in [0.4, 0.5) is 5.69 Å². The second kappa shape index (κ2) is 7.33. The minimum atomic E-state index is -0.222. The minimum absolute atomic E-state index is 0.00328. The van der Waals surface area contributed by atoms with Crippen LogP contribution >= 0.6 is 12.2 Å². The van der Waals surface area contributed by atoms with Crippen molar-refractivity contribution in [2.75, 3.05) is 38.7 Å². The van der Waals surface area contributed by atoms with Gasteiger partial charge in [-0.3, -0.25) is 10.2 Å². The van der Waals surface area contributed by atoms with Crippen LogP contribution < -0.4 is 11.2 Å². The number of thiocarbonyl (C=S) groups is 1. The molecule has 3 N–H and O–H groups in total. The largest absolute Gasteiger partial charge is 0.388 e. The molecule has 22 heavy (non-hydrogen) atoms. The summed E-state index contributed by atoms with van der Waals surface area (Å²) < 4.78 is 0. The summed E-state index contributed by atoms with van der Waals surface area (Å²) in [6.45, 7) is 4.98. The number of nitrogens with two attached hydrogens (primary N) is 1. The van der Waals surface area contributed by atoms with Crippen LogP contribution in [-0.2, 0) is 4.79 Å². The van der Waals surface area contributed by atoms with E-state index in [1.807, 2.05) is 38.2 Å². The number of nitrogens with one attached hydrogen (secondary N) is 1. The number of aryl methyl sites for hydroxylation is 1. The maximum atomic E-state index is 12.5. The van der Waals surface area contributed by atoms with Crippen LogP contribution in [-0.4, -0.2) is 59.6 Å². The van der Waals surface area contributed by atoms with E-state index < -0.39 is 0 Å². The van der Waals surface area contributed by atoms with E-state index in [2.05, 4.69) is 15.4 Å². The van der Waals surface area contributed by atoms with Crippen LogP contribution in [0.3, 0.4) is 0 Å². The zero-order valence-corrected chi connectivity index (χ0v) is 13.7. The number of carbonyl (C=O) groups excluding carboxylic acids is 1. The molecule has 2 rings (SSSR count). The van der Waals surface area contributed by atoms with Gasteiger partial charge in [0.1, 0.15) is 4.99 Å². The van der Waals surface area contributed by atoms with Crippen molar-refractivity contribution in [2.24, 2.45) is 10.8 Å². The number of hydrogen-bond donors (Lipinski definition) is 2. The first-order valence-electron chi connectivity index (χ1n) is 7.15. The van der Waals surface area contributed by atoms with Crippen molar-refractivity contribution in [1.82, 2.24) is 9.80 Å². The van der Waals surface area contributed by atoms with E-state index in [-0.39, 0.29) is 16.6 Å². The van der Waals surface area contributed by atoms with Crippen molar-refractivity contribution in [1.29, 1.82) is 0 Å². The van der Waals surface area contributed by atoms with Gasteiger partial charge in [0.15, 0.2) is 5.71 Å². The summed E-state index contributed by atoms with van der Waals surface area (Å²) in [5.41, 5.74) is 10.5. The number of rotatable bonds is 4. The van der Waals surface area contributed by atoms with Gasteiger partial charge in [-0.2, -0.15) is 5.10 Å². The molecular formula is C15H21N5OS. The normalized spacial score (nSPS) is 16.5. The zero-order valence-electron chi connectivity index (χ0n) is 12.9. The Hall–Kier alpha value is -1.99. The summed E-state index contributed by atoms with van der Waals surface area (Å²) >= 11 is 4.97. The van der Waals surface area contributed by atoms with Crippen LogP contribution in [0.2, 0.25) is 0 Å². The molecule has 0 saturated carbocycles. The Morgan fingerprint density at radius 2 is 1.82 bits per heavy atom. The highest BCUT2D eigenvalue weighted by molar-refractivity contribution is 7.82. The number of hydrazone groups is 1. The number of likely N-dealkylation sites (N-methyl/N-ethyl adjacent to an activating group) is 1. The molecule has 0 spiro atoms. The number of hydrogen-bond acceptors (Lipinski definition) is 5. The maximum absolute atomic E-state index is 12.5. The molecule has 1 aliphatic heterocycles. The standard InChI is InChI=1S/C15H21N5OS/c1-11-3-5-12(6-4-11)17-18-13(14(16)22)15(21)20-9-7-19(2)8-10-20/h3-6,17H,7-10H2,1-2H3,(H2,16,22)/b18-13+. The van der Waals surface area contributed by atoms with Gasteiger partial charge in [-0.1, -0.05) is 29.9 Å². The van der Waals surface area contributed by atoms with Crippen LogP contribution in [0.1, 0.15) is 5.56 Å². The predicted octanol–water partition coefficient (Wildman–Crippen LogP) is 0.823. The molecule has 7 heteroatoms. The number of amides is 1. The average molecular weight is 319 g/mol. The smallest absolute Gasteiger partial charge is 0.277 e. The molecule has 1 fully saturated rings. The predicted molar refractivity (Wildman–Crippen MR) is 93.1 cm³/mol. The van der Waals surface area contributed by atoms with Gasteiger partial charge in [0.2, 0.25) is 0 Å². The van der Waals surface area contributed by atoms with E-state index >= 15 is 0 Å². The molecule has 0 radical (unpaired) electrons. The second-order valence-corrected chi connectivity index (χ2v) is 5.84. The van der Waals surface area contributed by atoms with E-state index in [1.54, 1.807) is 4.90 Å². The molecule has 6 nitrogen and oxygen atoms in total. The second-order valence-electron chi connectivity index (χ2n) is 5.40.